The van der Waals surface area contributed by atoms with Crippen LogP contribution in [0, 0.1) is 5.92 Å². The molecule has 0 amide bonds. The predicted molar refractivity (Wildman–Crippen MR) is 95.0 cm³/mol. The van der Waals surface area contributed by atoms with Gasteiger partial charge in [0.1, 0.15) is 12.0 Å². The van der Waals surface area contributed by atoms with Crippen molar-refractivity contribution in [3.05, 3.63) is 36.9 Å². The normalized spacial score (nSPS) is 21.0. The second-order valence-electron chi connectivity index (χ2n) is 6.53. The number of pyridine rings is 1. The van der Waals surface area contributed by atoms with E-state index in [0.29, 0.717) is 19.0 Å². The van der Waals surface area contributed by atoms with E-state index in [1.165, 1.54) is 10.6 Å². The molecule has 2 atom stereocenters. The van der Waals surface area contributed by atoms with Gasteiger partial charge in [0.15, 0.2) is 11.5 Å². The first-order chi connectivity index (χ1) is 12.5. The van der Waals surface area contributed by atoms with E-state index in [-0.39, 0.29) is 17.7 Å². The third-order valence-electron chi connectivity index (χ3n) is 4.70. The zero-order chi connectivity index (χ0) is 18.3. The molecule has 0 radical (unpaired) electrons. The number of nitrogens with zero attached hydrogens (tertiary/aromatic N) is 6. The highest BCUT2D eigenvalue weighted by Gasteiger charge is 2.35. The summed E-state index contributed by atoms with van der Waals surface area (Å²) in [6.07, 6.45) is 5.07. The first-order valence-corrected chi connectivity index (χ1v) is 9.88. The van der Waals surface area contributed by atoms with Crippen LogP contribution in [-0.4, -0.2) is 69.9 Å². The molecule has 1 aliphatic heterocycles. The van der Waals surface area contributed by atoms with Gasteiger partial charge in [-0.1, -0.05) is 6.07 Å². The van der Waals surface area contributed by atoms with Gasteiger partial charge < -0.3 is 9.30 Å². The van der Waals surface area contributed by atoms with Gasteiger partial charge in [-0.15, -0.1) is 0 Å². The Morgan fingerprint density at radius 1 is 1.27 bits per heavy atom. The maximum atomic E-state index is 12.3. The van der Waals surface area contributed by atoms with Gasteiger partial charge in [0.05, 0.1) is 25.0 Å². The van der Waals surface area contributed by atoms with E-state index in [4.69, 9.17) is 4.74 Å². The van der Waals surface area contributed by atoms with E-state index >= 15 is 0 Å². The van der Waals surface area contributed by atoms with Crippen molar-refractivity contribution in [3.63, 3.8) is 0 Å². The van der Waals surface area contributed by atoms with Gasteiger partial charge in [0.25, 0.3) is 0 Å². The summed E-state index contributed by atoms with van der Waals surface area (Å²) in [7, 11) is -0.217. The number of imidazole rings is 1. The number of fused-ring (bicyclic) bond motifs is 1. The summed E-state index contributed by atoms with van der Waals surface area (Å²) in [5.41, 5.74) is 1.53. The van der Waals surface area contributed by atoms with Crippen LogP contribution in [0.4, 0.5) is 0 Å². The maximum absolute atomic E-state index is 12.3. The van der Waals surface area contributed by atoms with Gasteiger partial charge in [-0.25, -0.2) is 27.2 Å². The molecule has 0 spiro atoms. The topological polar surface area (TPSA) is 94.6 Å². The smallest absolute Gasteiger partial charge is 0.214 e. The molecule has 0 bridgehead atoms. The number of sulfonamides is 1. The van der Waals surface area contributed by atoms with E-state index in [9.17, 15) is 8.42 Å². The monoisotopic (exact) mass is 376 g/mol. The van der Waals surface area contributed by atoms with E-state index in [1.807, 2.05) is 29.0 Å². The van der Waals surface area contributed by atoms with E-state index in [1.54, 1.807) is 24.8 Å². The Labute approximate surface area is 151 Å². The molecule has 9 nitrogen and oxygen atoms in total. The molecule has 4 rings (SSSR count). The summed E-state index contributed by atoms with van der Waals surface area (Å²) in [5, 5.41) is 4.26. The fourth-order valence-corrected chi connectivity index (χ4v) is 4.43. The zero-order valence-corrected chi connectivity index (χ0v) is 15.4. The van der Waals surface area contributed by atoms with Crippen LogP contribution in [0.1, 0.15) is 6.04 Å². The Bertz CT molecular complexity index is 1030. The molecule has 0 aromatic carbocycles. The highest BCUT2D eigenvalue weighted by atomic mass is 32.2. The Morgan fingerprint density at radius 3 is 2.92 bits per heavy atom. The van der Waals surface area contributed by atoms with Gasteiger partial charge in [-0.3, -0.25) is 0 Å². The first kappa shape index (κ1) is 17.1. The highest BCUT2D eigenvalue weighted by molar-refractivity contribution is 7.89. The molecule has 1 fully saturated rings. The molecule has 1 aliphatic rings. The van der Waals surface area contributed by atoms with Crippen molar-refractivity contribution in [3.8, 4) is 11.5 Å². The van der Waals surface area contributed by atoms with Crippen molar-refractivity contribution in [1.82, 2.24) is 28.5 Å². The van der Waals surface area contributed by atoms with Gasteiger partial charge in [0, 0.05) is 32.4 Å². The van der Waals surface area contributed by atoms with Crippen LogP contribution in [0.15, 0.2) is 36.9 Å². The fraction of sp³-hybridized carbons (Fsp3) is 0.438. The maximum Gasteiger partial charge on any atom is 0.214 e. The van der Waals surface area contributed by atoms with E-state index in [2.05, 4.69) is 15.1 Å². The predicted octanol–water partition coefficient (Wildman–Crippen LogP) is 0.672. The Hall–Kier alpha value is -2.30. The molecule has 138 valence electrons. The molecule has 0 saturated carbocycles. The lowest BCUT2D eigenvalue weighted by atomic mass is 10.1. The molecule has 10 heteroatoms. The SMILES string of the molecule is CN(C)S(=O)(=O)C[C@@H]1COC[C@H]1n1ccnc1-c1cccc2ncnn12. The number of ether oxygens (including phenoxy) is 1. The molecule has 1 saturated heterocycles. The van der Waals surface area contributed by atoms with Crippen molar-refractivity contribution in [2.45, 2.75) is 6.04 Å². The fourth-order valence-electron chi connectivity index (χ4n) is 3.27. The Balaban J connectivity index is 1.71. The number of aromatic nitrogens is 5. The molecule has 0 N–H and O–H groups in total. The Morgan fingerprint density at radius 2 is 2.12 bits per heavy atom. The first-order valence-electron chi connectivity index (χ1n) is 8.27. The average Bonchev–Trinajstić information content (AvgIpc) is 3.33. The van der Waals surface area contributed by atoms with Crippen molar-refractivity contribution in [1.29, 1.82) is 0 Å². The summed E-state index contributed by atoms with van der Waals surface area (Å²) in [6, 6.07) is 5.58. The van der Waals surface area contributed by atoms with Crippen LogP contribution in [-0.2, 0) is 14.8 Å². The molecule has 4 heterocycles. The van der Waals surface area contributed by atoms with Crippen LogP contribution >= 0.6 is 0 Å². The molecular weight excluding hydrogens is 356 g/mol. The lowest BCUT2D eigenvalue weighted by Crippen LogP contribution is -2.32. The second kappa shape index (κ2) is 6.45. The zero-order valence-electron chi connectivity index (χ0n) is 14.6. The third-order valence-corrected chi connectivity index (χ3v) is 6.66. The minimum atomic E-state index is -3.32. The lowest BCUT2D eigenvalue weighted by molar-refractivity contribution is 0.182. The minimum Gasteiger partial charge on any atom is -0.379 e. The molecular formula is C16H20N6O3S. The third kappa shape index (κ3) is 2.89. The minimum absolute atomic E-state index is 0.0375. The number of hydrogen-bond donors (Lipinski definition) is 0. The molecule has 26 heavy (non-hydrogen) atoms. The lowest BCUT2D eigenvalue weighted by Gasteiger charge is -2.22. The van der Waals surface area contributed by atoms with Gasteiger partial charge >= 0.3 is 0 Å². The van der Waals surface area contributed by atoms with Crippen LogP contribution in [0.2, 0.25) is 0 Å². The van der Waals surface area contributed by atoms with Crippen LogP contribution < -0.4 is 0 Å². The van der Waals surface area contributed by atoms with Crippen LogP contribution in [0.5, 0.6) is 0 Å². The van der Waals surface area contributed by atoms with E-state index < -0.39 is 10.0 Å². The second-order valence-corrected chi connectivity index (χ2v) is 8.75. The number of hydrogen-bond acceptors (Lipinski definition) is 6. The highest BCUT2D eigenvalue weighted by Crippen LogP contribution is 2.31. The Kier molecular flexibility index (Phi) is 4.25. The molecule has 0 aliphatic carbocycles. The van der Waals surface area contributed by atoms with Gasteiger partial charge in [-0.05, 0) is 12.1 Å². The molecule has 3 aromatic heterocycles. The van der Waals surface area contributed by atoms with Gasteiger partial charge in [-0.2, -0.15) is 5.10 Å². The van der Waals surface area contributed by atoms with E-state index in [0.717, 1.165) is 11.3 Å². The summed E-state index contributed by atoms with van der Waals surface area (Å²) >= 11 is 0. The summed E-state index contributed by atoms with van der Waals surface area (Å²) in [5.74, 6) is 0.602. The average molecular weight is 376 g/mol. The summed E-state index contributed by atoms with van der Waals surface area (Å²) < 4.78 is 35.2. The largest absolute Gasteiger partial charge is 0.379 e. The molecule has 3 aromatic rings. The van der Waals surface area contributed by atoms with Gasteiger partial charge in [0.2, 0.25) is 10.0 Å². The van der Waals surface area contributed by atoms with Crippen LogP contribution in [0.25, 0.3) is 17.2 Å². The van der Waals surface area contributed by atoms with Crippen molar-refractivity contribution in [2.75, 3.05) is 33.1 Å². The molecule has 0 unspecified atom stereocenters. The summed E-state index contributed by atoms with van der Waals surface area (Å²) in [4.78, 5) is 8.69. The standard InChI is InChI=1S/C16H20N6O3S/c1-20(2)26(23,24)10-12-8-25-9-14(12)21-7-6-17-16(21)13-4-3-5-15-18-11-19-22(13)15/h3-7,11-12,14H,8-10H2,1-2H3/t12-,14+/m0/s1. The van der Waals surface area contributed by atoms with Crippen molar-refractivity contribution >= 4 is 15.7 Å². The quantitative estimate of drug-likeness (QED) is 0.650. The summed E-state index contributed by atoms with van der Waals surface area (Å²) in [6.45, 7) is 0.854. The number of rotatable bonds is 5. The van der Waals surface area contributed by atoms with Crippen molar-refractivity contribution < 1.29 is 13.2 Å². The van der Waals surface area contributed by atoms with Crippen LogP contribution in [0.3, 0.4) is 0 Å². The van der Waals surface area contributed by atoms with Crippen molar-refractivity contribution in [2.24, 2.45) is 5.92 Å².